The Hall–Kier alpha value is -3.13. The molecule has 0 aliphatic heterocycles. The van der Waals surface area contributed by atoms with Gasteiger partial charge >= 0.3 is 0 Å². The van der Waals surface area contributed by atoms with Crippen LogP contribution in [0.4, 0.5) is 0 Å². The van der Waals surface area contributed by atoms with Gasteiger partial charge in [0.05, 0.1) is 17.8 Å². The van der Waals surface area contributed by atoms with Crippen molar-refractivity contribution in [2.75, 3.05) is 0 Å². The summed E-state index contributed by atoms with van der Waals surface area (Å²) in [7, 11) is 0. The van der Waals surface area contributed by atoms with Gasteiger partial charge in [-0.2, -0.15) is 10.4 Å². The maximum absolute atomic E-state index is 11.7. The van der Waals surface area contributed by atoms with Crippen LogP contribution in [-0.2, 0) is 0 Å². The number of hydrogen-bond acceptors (Lipinski definition) is 4. The van der Waals surface area contributed by atoms with Crippen LogP contribution in [0.2, 0.25) is 0 Å². The Kier molecular flexibility index (Phi) is 4.10. The minimum atomic E-state index is -0.366. The van der Waals surface area contributed by atoms with Gasteiger partial charge in [-0.1, -0.05) is 12.1 Å². The third-order valence-electron chi connectivity index (χ3n) is 2.55. The Labute approximate surface area is 115 Å². The van der Waals surface area contributed by atoms with Crippen molar-refractivity contribution >= 4 is 12.1 Å². The molecule has 0 aliphatic carbocycles. The van der Waals surface area contributed by atoms with Crippen molar-refractivity contribution in [3.8, 4) is 11.8 Å². The molecule has 0 bridgehead atoms. The van der Waals surface area contributed by atoms with Gasteiger partial charge in [-0.15, -0.1) is 0 Å². The van der Waals surface area contributed by atoms with E-state index in [0.717, 1.165) is 5.56 Å². The fourth-order valence-corrected chi connectivity index (χ4v) is 1.49. The lowest BCUT2D eigenvalue weighted by molar-refractivity contribution is 0.0955. The number of nitriles is 1. The van der Waals surface area contributed by atoms with Crippen molar-refractivity contribution in [2.24, 2.45) is 5.10 Å². The van der Waals surface area contributed by atoms with Gasteiger partial charge in [-0.05, 0) is 42.0 Å². The average Bonchev–Trinajstić information content (AvgIpc) is 2.48. The molecule has 0 atom stereocenters. The fraction of sp³-hybridized carbons (Fsp3) is 0. The first kappa shape index (κ1) is 13.3. The molecule has 0 heterocycles. The second kappa shape index (κ2) is 6.16. The number of hydrogen-bond donors (Lipinski definition) is 2. The first-order valence-corrected chi connectivity index (χ1v) is 5.81. The predicted octanol–water partition coefficient (Wildman–Crippen LogP) is 2.03. The number of phenols is 1. The summed E-state index contributed by atoms with van der Waals surface area (Å²) in [6.45, 7) is 0. The van der Waals surface area contributed by atoms with Gasteiger partial charge in [0.25, 0.3) is 5.91 Å². The number of carbonyl (C=O) groups is 1. The van der Waals surface area contributed by atoms with Gasteiger partial charge in [0, 0.05) is 5.56 Å². The molecule has 0 aromatic heterocycles. The molecule has 0 radical (unpaired) electrons. The summed E-state index contributed by atoms with van der Waals surface area (Å²) < 4.78 is 0. The third-order valence-corrected chi connectivity index (χ3v) is 2.55. The van der Waals surface area contributed by atoms with Crippen LogP contribution in [0.25, 0.3) is 0 Å². The van der Waals surface area contributed by atoms with Gasteiger partial charge in [-0.25, -0.2) is 5.43 Å². The first-order valence-electron chi connectivity index (χ1n) is 5.81. The van der Waals surface area contributed by atoms with Crippen molar-refractivity contribution in [2.45, 2.75) is 0 Å². The number of aromatic hydroxyl groups is 1. The van der Waals surface area contributed by atoms with E-state index in [9.17, 15) is 4.79 Å². The molecule has 0 saturated carbocycles. The van der Waals surface area contributed by atoms with E-state index in [4.69, 9.17) is 10.4 Å². The lowest BCUT2D eigenvalue weighted by Gasteiger charge is -1.99. The number of hydrazone groups is 1. The number of phenolic OH excluding ortho intramolecular Hbond substituents is 1. The van der Waals surface area contributed by atoms with Crippen molar-refractivity contribution < 1.29 is 9.90 Å². The van der Waals surface area contributed by atoms with Crippen LogP contribution < -0.4 is 5.43 Å². The zero-order valence-electron chi connectivity index (χ0n) is 10.4. The minimum absolute atomic E-state index is 0.0997. The molecule has 0 spiro atoms. The van der Waals surface area contributed by atoms with E-state index in [-0.39, 0.29) is 11.7 Å². The largest absolute Gasteiger partial charge is 0.508 e. The summed E-state index contributed by atoms with van der Waals surface area (Å²) in [5.74, 6) is -0.266. The molecule has 2 N–H and O–H groups in total. The van der Waals surface area contributed by atoms with Crippen molar-refractivity contribution in [1.82, 2.24) is 5.43 Å². The highest BCUT2D eigenvalue weighted by molar-refractivity contribution is 5.94. The average molecular weight is 265 g/mol. The van der Waals surface area contributed by atoms with E-state index in [1.165, 1.54) is 30.5 Å². The standard InChI is InChI=1S/C15H11N3O2/c16-9-11-1-3-12(4-2-11)10-17-18-15(20)13-5-7-14(19)8-6-13/h1-8,10,19H,(H,18,20). The smallest absolute Gasteiger partial charge is 0.271 e. The fourth-order valence-electron chi connectivity index (χ4n) is 1.49. The zero-order valence-corrected chi connectivity index (χ0v) is 10.4. The molecule has 2 aromatic rings. The van der Waals surface area contributed by atoms with Crippen LogP contribution in [0.15, 0.2) is 53.6 Å². The predicted molar refractivity (Wildman–Crippen MR) is 74.3 cm³/mol. The Balaban J connectivity index is 1.97. The molecule has 0 unspecified atom stereocenters. The SMILES string of the molecule is N#Cc1ccc(C=NNC(=O)c2ccc(O)cc2)cc1. The van der Waals surface area contributed by atoms with Crippen molar-refractivity contribution in [3.63, 3.8) is 0 Å². The number of benzene rings is 2. The van der Waals surface area contributed by atoms with Crippen molar-refractivity contribution in [1.29, 1.82) is 5.26 Å². The maximum Gasteiger partial charge on any atom is 0.271 e. The molecule has 20 heavy (non-hydrogen) atoms. The molecular weight excluding hydrogens is 254 g/mol. The lowest BCUT2D eigenvalue weighted by Crippen LogP contribution is -2.17. The Morgan fingerprint density at radius 2 is 1.80 bits per heavy atom. The highest BCUT2D eigenvalue weighted by Gasteiger charge is 2.03. The summed E-state index contributed by atoms with van der Waals surface area (Å²) >= 11 is 0. The zero-order chi connectivity index (χ0) is 14.4. The quantitative estimate of drug-likeness (QED) is 0.657. The summed E-state index contributed by atoms with van der Waals surface area (Å²) in [4.78, 5) is 11.7. The second-order valence-corrected chi connectivity index (χ2v) is 3.98. The van der Waals surface area contributed by atoms with E-state index < -0.39 is 0 Å². The number of nitrogens with one attached hydrogen (secondary N) is 1. The Bertz CT molecular complexity index is 668. The normalized spacial score (nSPS) is 10.2. The first-order chi connectivity index (χ1) is 9.69. The molecule has 2 rings (SSSR count). The van der Waals surface area contributed by atoms with Gasteiger partial charge in [0.2, 0.25) is 0 Å². The van der Waals surface area contributed by atoms with Crippen LogP contribution in [0.1, 0.15) is 21.5 Å². The molecule has 5 nitrogen and oxygen atoms in total. The molecule has 0 saturated heterocycles. The highest BCUT2D eigenvalue weighted by atomic mass is 16.3. The Morgan fingerprint density at radius 1 is 1.15 bits per heavy atom. The summed E-state index contributed by atoms with van der Waals surface area (Å²) in [6.07, 6.45) is 1.49. The molecule has 0 fully saturated rings. The monoisotopic (exact) mass is 265 g/mol. The van der Waals surface area contributed by atoms with Crippen molar-refractivity contribution in [3.05, 3.63) is 65.2 Å². The number of nitrogens with zero attached hydrogens (tertiary/aromatic N) is 2. The molecular formula is C15H11N3O2. The van der Waals surface area contributed by atoms with E-state index in [2.05, 4.69) is 10.5 Å². The highest BCUT2D eigenvalue weighted by Crippen LogP contribution is 2.09. The minimum Gasteiger partial charge on any atom is -0.508 e. The molecule has 98 valence electrons. The van der Waals surface area contributed by atoms with Crippen LogP contribution in [0.5, 0.6) is 5.75 Å². The van der Waals surface area contributed by atoms with E-state index in [1.54, 1.807) is 24.3 Å². The Morgan fingerprint density at radius 3 is 2.40 bits per heavy atom. The molecule has 5 heteroatoms. The molecule has 1 amide bonds. The van der Waals surface area contributed by atoms with Crippen LogP contribution >= 0.6 is 0 Å². The summed E-state index contributed by atoms with van der Waals surface area (Å²) in [6, 6.07) is 14.7. The third kappa shape index (κ3) is 3.43. The van der Waals surface area contributed by atoms with Crippen LogP contribution in [0, 0.1) is 11.3 Å². The topological polar surface area (TPSA) is 85.5 Å². The van der Waals surface area contributed by atoms with E-state index >= 15 is 0 Å². The van der Waals surface area contributed by atoms with E-state index in [0.29, 0.717) is 11.1 Å². The van der Waals surface area contributed by atoms with Gasteiger partial charge in [0.15, 0.2) is 0 Å². The molecule has 0 aliphatic rings. The number of carbonyl (C=O) groups excluding carboxylic acids is 1. The molecule has 2 aromatic carbocycles. The maximum atomic E-state index is 11.7. The van der Waals surface area contributed by atoms with Gasteiger partial charge < -0.3 is 5.11 Å². The number of amides is 1. The summed E-state index contributed by atoms with van der Waals surface area (Å²) in [5, 5.41) is 21.6. The second-order valence-electron chi connectivity index (χ2n) is 3.98. The lowest BCUT2D eigenvalue weighted by atomic mass is 10.2. The number of rotatable bonds is 3. The van der Waals surface area contributed by atoms with E-state index in [1.807, 2.05) is 6.07 Å². The van der Waals surface area contributed by atoms with Gasteiger partial charge in [-0.3, -0.25) is 4.79 Å². The summed E-state index contributed by atoms with van der Waals surface area (Å²) in [5.41, 5.74) is 4.12. The van der Waals surface area contributed by atoms with Gasteiger partial charge in [0.1, 0.15) is 5.75 Å². The van der Waals surface area contributed by atoms with Crippen LogP contribution in [0.3, 0.4) is 0 Å². The van der Waals surface area contributed by atoms with Crippen LogP contribution in [-0.4, -0.2) is 17.2 Å².